The molecule has 2 heterocycles. The van der Waals surface area contributed by atoms with Gasteiger partial charge in [-0.25, -0.2) is 0 Å². The minimum atomic E-state index is -0.250. The lowest BCUT2D eigenvalue weighted by atomic mass is 9.94. The lowest BCUT2D eigenvalue weighted by Crippen LogP contribution is -2.43. The molecule has 1 aromatic carbocycles. The van der Waals surface area contributed by atoms with Gasteiger partial charge in [-0.15, -0.1) is 0 Å². The molecule has 0 bridgehead atoms. The minimum absolute atomic E-state index is 0.250. The first-order chi connectivity index (χ1) is 11.6. The van der Waals surface area contributed by atoms with E-state index in [1.807, 2.05) is 11.9 Å². The molecule has 132 valence electrons. The van der Waals surface area contributed by atoms with Crippen LogP contribution in [0.3, 0.4) is 0 Å². The second-order valence-corrected chi connectivity index (χ2v) is 6.40. The van der Waals surface area contributed by atoms with E-state index in [2.05, 4.69) is 23.1 Å². The molecule has 1 fully saturated rings. The van der Waals surface area contributed by atoms with Crippen LogP contribution in [0.5, 0.6) is 5.75 Å². The van der Waals surface area contributed by atoms with Crippen molar-refractivity contribution in [2.24, 2.45) is 5.92 Å². The summed E-state index contributed by atoms with van der Waals surface area (Å²) in [5, 5.41) is 6.89. The molecule has 0 radical (unpaired) electrons. The number of carbonyl (C=O) groups excluding carboxylic acids is 1. The van der Waals surface area contributed by atoms with Crippen LogP contribution >= 0.6 is 0 Å². The largest absolute Gasteiger partial charge is 0.497 e. The Morgan fingerprint density at radius 1 is 1.33 bits per heavy atom. The number of carbonyl (C=O) groups is 2. The van der Waals surface area contributed by atoms with Crippen LogP contribution in [0.15, 0.2) is 18.2 Å². The Morgan fingerprint density at radius 2 is 2.08 bits per heavy atom. The SMILES string of the molecule is COc1ccc2c(c1)CCN(CC1CCC(=O)N(C)C1)C2.O=CO. The summed E-state index contributed by atoms with van der Waals surface area (Å²) in [6.07, 6.45) is 2.84. The highest BCUT2D eigenvalue weighted by Gasteiger charge is 2.26. The molecule has 2 aliphatic heterocycles. The number of rotatable bonds is 3. The van der Waals surface area contributed by atoms with Crippen LogP contribution in [0.1, 0.15) is 24.0 Å². The quantitative estimate of drug-likeness (QED) is 0.851. The third-order valence-electron chi connectivity index (χ3n) is 4.75. The number of hydrogen-bond acceptors (Lipinski definition) is 4. The van der Waals surface area contributed by atoms with Gasteiger partial charge in [0.1, 0.15) is 5.75 Å². The third-order valence-corrected chi connectivity index (χ3v) is 4.75. The second-order valence-electron chi connectivity index (χ2n) is 6.40. The van der Waals surface area contributed by atoms with Gasteiger partial charge in [-0.2, -0.15) is 0 Å². The van der Waals surface area contributed by atoms with Crippen molar-refractivity contribution in [2.45, 2.75) is 25.8 Å². The lowest BCUT2D eigenvalue weighted by molar-refractivity contribution is -0.133. The zero-order chi connectivity index (χ0) is 17.5. The van der Waals surface area contributed by atoms with Crippen molar-refractivity contribution in [1.29, 1.82) is 0 Å². The standard InChI is InChI=1S/C17H24N2O2.CH2O2/c1-18-10-13(3-6-17(18)20)11-19-8-7-14-9-16(21-2)5-4-15(14)12-19;2-1-3/h4-5,9,13H,3,6-8,10-12H2,1-2H3;1H,(H,2,3). The molecule has 6 nitrogen and oxygen atoms in total. The van der Waals surface area contributed by atoms with E-state index in [9.17, 15) is 4.79 Å². The van der Waals surface area contributed by atoms with E-state index in [1.165, 1.54) is 11.1 Å². The van der Waals surface area contributed by atoms with Crippen molar-refractivity contribution in [3.63, 3.8) is 0 Å². The normalized spacial score (nSPS) is 20.7. The van der Waals surface area contributed by atoms with Gasteiger partial charge in [0.25, 0.3) is 6.47 Å². The van der Waals surface area contributed by atoms with E-state index in [4.69, 9.17) is 14.6 Å². The first-order valence-electron chi connectivity index (χ1n) is 8.27. The maximum Gasteiger partial charge on any atom is 0.290 e. The Bertz CT molecular complexity index is 576. The summed E-state index contributed by atoms with van der Waals surface area (Å²) < 4.78 is 5.30. The maximum atomic E-state index is 11.6. The Balaban J connectivity index is 0.000000647. The van der Waals surface area contributed by atoms with Crippen LogP contribution in [0.4, 0.5) is 0 Å². The molecule has 1 amide bonds. The van der Waals surface area contributed by atoms with E-state index in [-0.39, 0.29) is 6.47 Å². The van der Waals surface area contributed by atoms with Gasteiger partial charge in [0.2, 0.25) is 5.91 Å². The molecule has 6 heteroatoms. The van der Waals surface area contributed by atoms with Crippen LogP contribution < -0.4 is 4.74 Å². The molecule has 0 saturated carbocycles. The van der Waals surface area contributed by atoms with Crippen molar-refractivity contribution < 1.29 is 19.4 Å². The number of nitrogens with zero attached hydrogens (tertiary/aromatic N) is 2. The van der Waals surface area contributed by atoms with Crippen LogP contribution in [0, 0.1) is 5.92 Å². The van der Waals surface area contributed by atoms with Gasteiger partial charge in [0, 0.05) is 39.6 Å². The Kier molecular flexibility index (Phi) is 6.61. The first kappa shape index (κ1) is 18.3. The number of fused-ring (bicyclic) bond motifs is 1. The molecule has 0 aliphatic carbocycles. The van der Waals surface area contributed by atoms with Gasteiger partial charge in [0.05, 0.1) is 7.11 Å². The van der Waals surface area contributed by atoms with Crippen molar-refractivity contribution in [1.82, 2.24) is 9.80 Å². The van der Waals surface area contributed by atoms with Crippen molar-refractivity contribution >= 4 is 12.4 Å². The van der Waals surface area contributed by atoms with E-state index in [0.29, 0.717) is 18.2 Å². The lowest BCUT2D eigenvalue weighted by Gasteiger charge is -2.35. The number of benzene rings is 1. The molecule has 0 aromatic heterocycles. The zero-order valence-electron chi connectivity index (χ0n) is 14.4. The highest BCUT2D eigenvalue weighted by Crippen LogP contribution is 2.25. The van der Waals surface area contributed by atoms with E-state index in [1.54, 1.807) is 7.11 Å². The van der Waals surface area contributed by atoms with Crippen LogP contribution in [0.2, 0.25) is 0 Å². The van der Waals surface area contributed by atoms with Crippen LogP contribution in [-0.4, -0.2) is 61.1 Å². The van der Waals surface area contributed by atoms with Crippen molar-refractivity contribution in [3.8, 4) is 5.75 Å². The Labute approximate surface area is 143 Å². The summed E-state index contributed by atoms with van der Waals surface area (Å²) in [5.74, 6) is 1.87. The number of hydrogen-bond donors (Lipinski definition) is 1. The topological polar surface area (TPSA) is 70.1 Å². The second kappa shape index (κ2) is 8.68. The zero-order valence-corrected chi connectivity index (χ0v) is 14.4. The van der Waals surface area contributed by atoms with Gasteiger partial charge >= 0.3 is 0 Å². The van der Waals surface area contributed by atoms with Crippen LogP contribution in [-0.2, 0) is 22.6 Å². The molecule has 1 unspecified atom stereocenters. The first-order valence-corrected chi connectivity index (χ1v) is 8.27. The fourth-order valence-corrected chi connectivity index (χ4v) is 3.48. The van der Waals surface area contributed by atoms with E-state index < -0.39 is 0 Å². The summed E-state index contributed by atoms with van der Waals surface area (Å²) in [6.45, 7) is 3.88. The molecular formula is C18H26N2O4. The third kappa shape index (κ3) is 4.71. The number of amides is 1. The molecule has 2 aliphatic rings. The summed E-state index contributed by atoms with van der Waals surface area (Å²) in [6, 6.07) is 6.41. The fourth-order valence-electron chi connectivity index (χ4n) is 3.48. The molecule has 24 heavy (non-hydrogen) atoms. The number of methoxy groups -OCH3 is 1. The van der Waals surface area contributed by atoms with Gasteiger partial charge < -0.3 is 14.7 Å². The average molecular weight is 334 g/mol. The monoisotopic (exact) mass is 334 g/mol. The van der Waals surface area contributed by atoms with Gasteiger partial charge in [-0.3, -0.25) is 14.5 Å². The maximum absolute atomic E-state index is 11.6. The summed E-state index contributed by atoms with van der Waals surface area (Å²) in [5.41, 5.74) is 2.84. The van der Waals surface area contributed by atoms with Gasteiger partial charge in [0.15, 0.2) is 0 Å². The summed E-state index contributed by atoms with van der Waals surface area (Å²) in [4.78, 5) is 24.3. The summed E-state index contributed by atoms with van der Waals surface area (Å²) in [7, 11) is 3.64. The van der Waals surface area contributed by atoms with Gasteiger partial charge in [-0.05, 0) is 42.0 Å². The molecular weight excluding hydrogens is 308 g/mol. The average Bonchev–Trinajstić information content (AvgIpc) is 2.58. The predicted octanol–water partition coefficient (Wildman–Crippen LogP) is 1.62. The molecule has 1 saturated heterocycles. The number of piperidine rings is 1. The molecule has 1 aromatic rings. The molecule has 0 spiro atoms. The smallest absolute Gasteiger partial charge is 0.290 e. The fraction of sp³-hybridized carbons (Fsp3) is 0.556. The molecule has 3 rings (SSSR count). The Morgan fingerprint density at radius 3 is 2.75 bits per heavy atom. The molecule has 1 N–H and O–H groups in total. The number of ether oxygens (including phenoxy) is 1. The Hall–Kier alpha value is -2.08. The minimum Gasteiger partial charge on any atom is -0.497 e. The number of carboxylic acid groups (broad SMARTS) is 1. The van der Waals surface area contributed by atoms with Gasteiger partial charge in [-0.1, -0.05) is 6.07 Å². The van der Waals surface area contributed by atoms with E-state index in [0.717, 1.165) is 44.8 Å². The number of likely N-dealkylation sites (tertiary alicyclic amines) is 1. The van der Waals surface area contributed by atoms with E-state index >= 15 is 0 Å². The van der Waals surface area contributed by atoms with Crippen molar-refractivity contribution in [2.75, 3.05) is 33.8 Å². The highest BCUT2D eigenvalue weighted by atomic mass is 16.5. The highest BCUT2D eigenvalue weighted by molar-refractivity contribution is 5.76. The predicted molar refractivity (Wildman–Crippen MR) is 91.0 cm³/mol. The summed E-state index contributed by atoms with van der Waals surface area (Å²) >= 11 is 0. The van der Waals surface area contributed by atoms with Crippen LogP contribution in [0.25, 0.3) is 0 Å². The van der Waals surface area contributed by atoms with Crippen molar-refractivity contribution in [3.05, 3.63) is 29.3 Å². The molecule has 1 atom stereocenters.